The van der Waals surface area contributed by atoms with Crippen LogP contribution in [-0.2, 0) is 0 Å². The molecule has 12 heteroatoms. The van der Waals surface area contributed by atoms with Gasteiger partial charge >= 0.3 is 113 Å². The summed E-state index contributed by atoms with van der Waals surface area (Å²) in [5.74, 6) is 0. The zero-order valence-corrected chi connectivity index (χ0v) is 11.7. The van der Waals surface area contributed by atoms with Crippen molar-refractivity contribution in [3.05, 3.63) is 39.4 Å². The third-order valence-corrected chi connectivity index (χ3v) is 0. The van der Waals surface area contributed by atoms with E-state index in [1.54, 1.807) is 0 Å². The zero-order valence-electron chi connectivity index (χ0n) is 11.7. The van der Waals surface area contributed by atoms with Gasteiger partial charge in [-0.15, -0.1) is 0 Å². The molecule has 0 aromatic rings. The first-order chi connectivity index (χ1) is 6.00. The molecule has 0 aliphatic rings. The molecule has 0 saturated heterocycles. The molecular formula is C6Li6N6. The van der Waals surface area contributed by atoms with E-state index in [0.717, 1.165) is 0 Å². The number of rotatable bonds is 0. The van der Waals surface area contributed by atoms with Gasteiger partial charge in [0.1, 0.15) is 0 Å². The average molecular weight is 198 g/mol. The maximum absolute atomic E-state index is 6.25. The molecule has 0 spiro atoms. The molecule has 0 N–H and O–H groups in total. The summed E-state index contributed by atoms with van der Waals surface area (Å²) in [6, 6.07) is 0. The number of nitrogens with zero attached hydrogens (tertiary/aromatic N) is 6. The molecular weight excluding hydrogens is 198 g/mol. The van der Waals surface area contributed by atoms with Gasteiger partial charge < -0.3 is 71.0 Å². The third-order valence-electron chi connectivity index (χ3n) is 0. The largest absolute Gasteiger partial charge is 1.00 e. The zero-order chi connectivity index (χ0) is 12.0. The van der Waals surface area contributed by atoms with E-state index in [9.17, 15) is 0 Å². The van der Waals surface area contributed by atoms with Gasteiger partial charge in [-0.3, -0.25) is 0 Å². The predicted octanol–water partition coefficient (Wildman–Crippen LogP) is -17.4. The van der Waals surface area contributed by atoms with E-state index in [2.05, 4.69) is 0 Å². The monoisotopic (exact) mass is 198 g/mol. The molecule has 0 saturated carbocycles. The molecule has 0 amide bonds. The van der Waals surface area contributed by atoms with Gasteiger partial charge in [-0.25, -0.2) is 0 Å². The molecule has 0 bridgehead atoms. The summed E-state index contributed by atoms with van der Waals surface area (Å²) in [7, 11) is 0. The van der Waals surface area contributed by atoms with E-state index in [4.69, 9.17) is 71.0 Å². The first-order valence-corrected chi connectivity index (χ1v) is 1.34. The first-order valence-electron chi connectivity index (χ1n) is 1.34. The molecule has 0 radical (unpaired) electrons. The van der Waals surface area contributed by atoms with Crippen LogP contribution < -0.4 is 113 Å². The second-order valence-corrected chi connectivity index (χ2v) is 0. The molecule has 0 rings (SSSR count). The topological polar surface area (TPSA) is 143 Å². The Bertz CT molecular complexity index is 104. The Hall–Kier alpha value is 0.524. The van der Waals surface area contributed by atoms with Crippen LogP contribution >= 0.6 is 0 Å². The second kappa shape index (κ2) is 17400. The maximum atomic E-state index is 6.25. The van der Waals surface area contributed by atoms with Crippen molar-refractivity contribution in [1.82, 2.24) is 0 Å². The van der Waals surface area contributed by atoms with Gasteiger partial charge in [-0.1, -0.05) is 0 Å². The number of hydrogen-bond acceptors (Lipinski definition) is 6. The summed E-state index contributed by atoms with van der Waals surface area (Å²) in [4.78, 5) is 0. The van der Waals surface area contributed by atoms with Gasteiger partial charge in [0.25, 0.3) is 0 Å². The van der Waals surface area contributed by atoms with Gasteiger partial charge in [0.05, 0.1) is 0 Å². The van der Waals surface area contributed by atoms with E-state index in [1.165, 1.54) is 0 Å². The minimum atomic E-state index is 0. The van der Waals surface area contributed by atoms with Crippen LogP contribution in [0.5, 0.6) is 0 Å². The molecule has 0 aliphatic carbocycles. The Morgan fingerprint density at radius 3 is 0.222 bits per heavy atom. The van der Waals surface area contributed by atoms with Crippen LogP contribution in [0, 0.1) is 71.0 Å². The molecule has 6 nitrogen and oxygen atoms in total. The fourth-order valence-corrected chi connectivity index (χ4v) is 0. The van der Waals surface area contributed by atoms with Crippen LogP contribution in [0.3, 0.4) is 0 Å². The summed E-state index contributed by atoms with van der Waals surface area (Å²) >= 11 is 0. The summed E-state index contributed by atoms with van der Waals surface area (Å²) in [6.45, 7) is 28.5. The molecule has 0 atom stereocenters. The molecule has 60 valence electrons. The van der Waals surface area contributed by atoms with E-state index in [0.29, 0.717) is 0 Å². The predicted molar refractivity (Wildman–Crippen MR) is 29.8 cm³/mol. The van der Waals surface area contributed by atoms with Gasteiger partial charge in [-0.05, 0) is 0 Å². The van der Waals surface area contributed by atoms with Crippen LogP contribution in [0.25, 0.3) is 0 Å². The number of hydrogen-bond donors (Lipinski definition) is 0. The molecule has 0 fully saturated rings. The molecule has 0 aromatic heterocycles. The SMILES string of the molecule is [C-]#N.[C-]#N.[C-]#N.[C-]#N.[C-]#N.[C-]#N.[Li+].[Li+].[Li+].[Li+].[Li+].[Li+]. The van der Waals surface area contributed by atoms with Crippen molar-refractivity contribution in [2.45, 2.75) is 0 Å². The minimum absolute atomic E-state index is 0. The van der Waals surface area contributed by atoms with Crippen molar-refractivity contribution < 1.29 is 113 Å². The Balaban J connectivity index is -0.00000000225. The van der Waals surface area contributed by atoms with E-state index < -0.39 is 0 Å². The third kappa shape index (κ3) is 14500. The van der Waals surface area contributed by atoms with Crippen LogP contribution in [0.1, 0.15) is 0 Å². The molecule has 0 unspecified atom stereocenters. The van der Waals surface area contributed by atoms with E-state index in [1.807, 2.05) is 0 Å². The van der Waals surface area contributed by atoms with Crippen molar-refractivity contribution >= 4 is 0 Å². The molecule has 0 aromatic carbocycles. The van der Waals surface area contributed by atoms with E-state index in [-0.39, 0.29) is 113 Å². The van der Waals surface area contributed by atoms with Crippen LogP contribution in [0.2, 0.25) is 0 Å². The maximum Gasteiger partial charge on any atom is 1.00 e. The molecule has 18 heavy (non-hydrogen) atoms. The van der Waals surface area contributed by atoms with Crippen molar-refractivity contribution in [3.63, 3.8) is 0 Å². The average Bonchev–Trinajstić information content (AvgIpc) is 2.33. The van der Waals surface area contributed by atoms with E-state index >= 15 is 0 Å². The van der Waals surface area contributed by atoms with Crippen molar-refractivity contribution in [2.75, 3.05) is 0 Å². The van der Waals surface area contributed by atoms with Crippen LogP contribution in [-0.4, -0.2) is 0 Å². The van der Waals surface area contributed by atoms with Crippen molar-refractivity contribution in [1.29, 1.82) is 31.6 Å². The summed E-state index contributed by atoms with van der Waals surface area (Å²) in [5, 5.41) is 37.5. The Labute approximate surface area is 182 Å². The minimum Gasteiger partial charge on any atom is -0.512 e. The quantitative estimate of drug-likeness (QED) is 0.279. The fourth-order valence-electron chi connectivity index (χ4n) is 0. The van der Waals surface area contributed by atoms with Crippen LogP contribution in [0.4, 0.5) is 0 Å². The Morgan fingerprint density at radius 2 is 0.222 bits per heavy atom. The normalized spacial score (nSPS) is 0.667. The first kappa shape index (κ1) is 134. The van der Waals surface area contributed by atoms with Gasteiger partial charge in [0.2, 0.25) is 0 Å². The second-order valence-electron chi connectivity index (χ2n) is 0. The standard InChI is InChI=1S/6CN.6Li/c6*1-2;;;;;;/q6*-1;6*+1. The summed E-state index contributed by atoms with van der Waals surface area (Å²) in [6.07, 6.45) is 0. The Morgan fingerprint density at radius 1 is 0.222 bits per heavy atom. The fraction of sp³-hybridized carbons (Fsp3) is 0. The molecule has 0 heterocycles. The van der Waals surface area contributed by atoms with Crippen molar-refractivity contribution in [2.24, 2.45) is 0 Å². The van der Waals surface area contributed by atoms with Crippen LogP contribution in [0.15, 0.2) is 0 Å². The molecule has 0 aliphatic heterocycles. The summed E-state index contributed by atoms with van der Waals surface area (Å²) in [5.41, 5.74) is 0. The Kier molecular flexibility index (Phi) is 129000. The van der Waals surface area contributed by atoms with Crippen molar-refractivity contribution in [3.8, 4) is 0 Å². The van der Waals surface area contributed by atoms with Gasteiger partial charge in [-0.2, -0.15) is 0 Å². The van der Waals surface area contributed by atoms with Gasteiger partial charge in [0.15, 0.2) is 0 Å². The smallest absolute Gasteiger partial charge is 0.512 e. The summed E-state index contributed by atoms with van der Waals surface area (Å²) < 4.78 is 0. The van der Waals surface area contributed by atoms with Gasteiger partial charge in [0, 0.05) is 0 Å².